The lowest BCUT2D eigenvalue weighted by atomic mass is 10.2. The van der Waals surface area contributed by atoms with Gasteiger partial charge in [0.2, 0.25) is 0 Å². The van der Waals surface area contributed by atoms with Crippen LogP contribution < -0.4 is 10.1 Å². The van der Waals surface area contributed by atoms with Crippen molar-refractivity contribution in [3.63, 3.8) is 0 Å². The van der Waals surface area contributed by atoms with Crippen LogP contribution in [0.2, 0.25) is 15.1 Å². The first-order valence-corrected chi connectivity index (χ1v) is 9.23. The fraction of sp³-hybridized carbons (Fsp3) is 0.158. The maximum Gasteiger partial charge on any atom is 0.265 e. The van der Waals surface area contributed by atoms with Crippen molar-refractivity contribution in [2.45, 2.75) is 19.6 Å². The number of carbonyl (C=O) groups excluding carboxylic acids is 1. The van der Waals surface area contributed by atoms with Crippen LogP contribution in [0.4, 0.5) is 5.69 Å². The Morgan fingerprint density at radius 1 is 1.19 bits per heavy atom. The zero-order valence-electron chi connectivity index (χ0n) is 14.3. The molecule has 8 heteroatoms. The lowest BCUT2D eigenvalue weighted by Crippen LogP contribution is -2.30. The molecular formula is C19H16Cl3N3O2. The Kier molecular flexibility index (Phi) is 6.26. The third kappa shape index (κ3) is 5.39. The molecule has 27 heavy (non-hydrogen) atoms. The molecule has 0 fully saturated rings. The summed E-state index contributed by atoms with van der Waals surface area (Å²) >= 11 is 17.9. The quantitative estimate of drug-likeness (QED) is 0.584. The Bertz CT molecular complexity index is 959. The first-order chi connectivity index (χ1) is 12.9. The molecule has 0 radical (unpaired) electrons. The summed E-state index contributed by atoms with van der Waals surface area (Å²) < 4.78 is 7.30. The van der Waals surface area contributed by atoms with Gasteiger partial charge in [-0.25, -0.2) is 0 Å². The molecule has 0 aliphatic heterocycles. The summed E-state index contributed by atoms with van der Waals surface area (Å²) in [5.41, 5.74) is 1.52. The van der Waals surface area contributed by atoms with E-state index in [0.29, 0.717) is 33.0 Å². The van der Waals surface area contributed by atoms with Gasteiger partial charge >= 0.3 is 0 Å². The molecule has 1 aromatic heterocycles. The Morgan fingerprint density at radius 3 is 2.74 bits per heavy atom. The Hall–Kier alpha value is -2.21. The van der Waals surface area contributed by atoms with E-state index < -0.39 is 6.10 Å². The Morgan fingerprint density at radius 2 is 2.00 bits per heavy atom. The molecule has 0 saturated heterocycles. The molecule has 1 N–H and O–H groups in total. The number of ether oxygens (including phenoxy) is 1. The van der Waals surface area contributed by atoms with Gasteiger partial charge in [-0.2, -0.15) is 5.10 Å². The normalized spacial score (nSPS) is 11.9. The summed E-state index contributed by atoms with van der Waals surface area (Å²) in [4.78, 5) is 12.3. The van der Waals surface area contributed by atoms with Crippen LogP contribution in [0, 0.1) is 0 Å². The fourth-order valence-corrected chi connectivity index (χ4v) is 2.88. The van der Waals surface area contributed by atoms with E-state index in [4.69, 9.17) is 39.5 Å². The molecule has 0 spiro atoms. The van der Waals surface area contributed by atoms with Crippen LogP contribution in [0.5, 0.6) is 5.75 Å². The van der Waals surface area contributed by atoms with Gasteiger partial charge in [-0.1, -0.05) is 46.9 Å². The third-order valence-corrected chi connectivity index (χ3v) is 4.68. The van der Waals surface area contributed by atoms with Crippen molar-refractivity contribution >= 4 is 46.4 Å². The second kappa shape index (κ2) is 8.65. The summed E-state index contributed by atoms with van der Waals surface area (Å²) in [7, 11) is 0. The second-order valence-electron chi connectivity index (χ2n) is 5.88. The molecule has 140 valence electrons. The molecule has 0 aliphatic rings. The number of aromatic nitrogens is 2. The van der Waals surface area contributed by atoms with E-state index in [0.717, 1.165) is 5.56 Å². The van der Waals surface area contributed by atoms with Crippen LogP contribution in [0.3, 0.4) is 0 Å². The third-order valence-electron chi connectivity index (χ3n) is 3.71. The lowest BCUT2D eigenvalue weighted by molar-refractivity contribution is -0.122. The zero-order valence-corrected chi connectivity index (χ0v) is 16.6. The molecule has 1 unspecified atom stereocenters. The van der Waals surface area contributed by atoms with Gasteiger partial charge in [0.1, 0.15) is 5.75 Å². The smallest absolute Gasteiger partial charge is 0.265 e. The van der Waals surface area contributed by atoms with E-state index >= 15 is 0 Å². The number of nitrogens with zero attached hydrogens (tertiary/aromatic N) is 2. The van der Waals surface area contributed by atoms with E-state index in [-0.39, 0.29) is 5.91 Å². The number of anilines is 1. The van der Waals surface area contributed by atoms with Gasteiger partial charge in [-0.15, -0.1) is 0 Å². The van der Waals surface area contributed by atoms with Crippen LogP contribution in [0.25, 0.3) is 0 Å². The number of hydrogen-bond acceptors (Lipinski definition) is 3. The molecule has 0 bridgehead atoms. The first-order valence-electron chi connectivity index (χ1n) is 8.10. The van der Waals surface area contributed by atoms with Gasteiger partial charge in [0.15, 0.2) is 6.10 Å². The topological polar surface area (TPSA) is 56.1 Å². The maximum absolute atomic E-state index is 12.3. The average molecular weight is 425 g/mol. The number of nitrogens with one attached hydrogen (secondary N) is 1. The molecular weight excluding hydrogens is 409 g/mol. The minimum atomic E-state index is -0.693. The van der Waals surface area contributed by atoms with Crippen molar-refractivity contribution in [2.75, 3.05) is 5.32 Å². The van der Waals surface area contributed by atoms with Gasteiger partial charge in [-0.05, 0) is 42.8 Å². The van der Waals surface area contributed by atoms with Crippen molar-refractivity contribution in [3.05, 3.63) is 75.5 Å². The second-order valence-corrected chi connectivity index (χ2v) is 7.13. The maximum atomic E-state index is 12.3. The van der Waals surface area contributed by atoms with Crippen LogP contribution in [0.15, 0.2) is 54.9 Å². The SMILES string of the molecule is CC(Oc1cccc(Cl)c1)C(=O)Nc1cnn(Cc2ccc(Cl)c(Cl)c2)c1. The highest BCUT2D eigenvalue weighted by Crippen LogP contribution is 2.23. The molecule has 1 atom stereocenters. The summed E-state index contributed by atoms with van der Waals surface area (Å²) in [5, 5.41) is 8.55. The molecule has 2 aromatic carbocycles. The summed E-state index contributed by atoms with van der Waals surface area (Å²) in [6, 6.07) is 12.3. The molecule has 1 amide bonds. The average Bonchev–Trinajstić information content (AvgIpc) is 3.05. The molecule has 0 saturated carbocycles. The predicted molar refractivity (Wildman–Crippen MR) is 108 cm³/mol. The standard InChI is InChI=1S/C19H16Cl3N3O2/c1-12(27-16-4-2-3-14(20)8-16)19(26)24-15-9-23-25(11-15)10-13-5-6-17(21)18(22)7-13/h2-9,11-12H,10H2,1H3,(H,24,26). The number of hydrogen-bond donors (Lipinski definition) is 1. The Balaban J connectivity index is 1.59. The van der Waals surface area contributed by atoms with Crippen molar-refractivity contribution < 1.29 is 9.53 Å². The monoisotopic (exact) mass is 423 g/mol. The number of carbonyl (C=O) groups is 1. The van der Waals surface area contributed by atoms with Gasteiger partial charge in [-0.3, -0.25) is 9.48 Å². The minimum Gasteiger partial charge on any atom is -0.481 e. The molecule has 1 heterocycles. The van der Waals surface area contributed by atoms with E-state index in [9.17, 15) is 4.79 Å². The van der Waals surface area contributed by atoms with Crippen molar-refractivity contribution in [2.24, 2.45) is 0 Å². The minimum absolute atomic E-state index is 0.288. The highest BCUT2D eigenvalue weighted by Gasteiger charge is 2.16. The lowest BCUT2D eigenvalue weighted by Gasteiger charge is -2.14. The van der Waals surface area contributed by atoms with Crippen LogP contribution in [-0.2, 0) is 11.3 Å². The van der Waals surface area contributed by atoms with Crippen LogP contribution >= 0.6 is 34.8 Å². The zero-order chi connectivity index (χ0) is 19.4. The molecule has 0 aliphatic carbocycles. The number of benzene rings is 2. The summed E-state index contributed by atoms with van der Waals surface area (Å²) in [6.07, 6.45) is 2.61. The molecule has 3 rings (SSSR count). The fourth-order valence-electron chi connectivity index (χ4n) is 2.38. The summed E-state index contributed by atoms with van der Waals surface area (Å²) in [6.45, 7) is 2.16. The van der Waals surface area contributed by atoms with Crippen molar-refractivity contribution in [3.8, 4) is 5.75 Å². The number of amides is 1. The molecule has 5 nitrogen and oxygen atoms in total. The first kappa shape index (κ1) is 19.5. The predicted octanol–water partition coefficient (Wildman–Crippen LogP) is 5.30. The number of rotatable bonds is 6. The van der Waals surface area contributed by atoms with E-state index in [1.807, 2.05) is 6.07 Å². The largest absolute Gasteiger partial charge is 0.481 e. The van der Waals surface area contributed by atoms with Crippen LogP contribution in [0.1, 0.15) is 12.5 Å². The van der Waals surface area contributed by atoms with E-state index in [1.165, 1.54) is 0 Å². The van der Waals surface area contributed by atoms with Crippen molar-refractivity contribution in [1.29, 1.82) is 0 Å². The van der Waals surface area contributed by atoms with E-state index in [2.05, 4.69) is 10.4 Å². The van der Waals surface area contributed by atoms with Gasteiger partial charge in [0.05, 0.1) is 28.5 Å². The molecule has 3 aromatic rings. The van der Waals surface area contributed by atoms with Gasteiger partial charge in [0, 0.05) is 11.2 Å². The number of halogens is 3. The highest BCUT2D eigenvalue weighted by atomic mass is 35.5. The van der Waals surface area contributed by atoms with E-state index in [1.54, 1.807) is 60.4 Å². The van der Waals surface area contributed by atoms with Crippen LogP contribution in [-0.4, -0.2) is 21.8 Å². The van der Waals surface area contributed by atoms with Gasteiger partial charge in [0.25, 0.3) is 5.91 Å². The van der Waals surface area contributed by atoms with Crippen molar-refractivity contribution in [1.82, 2.24) is 9.78 Å². The Labute approximate surface area is 171 Å². The van der Waals surface area contributed by atoms with Gasteiger partial charge < -0.3 is 10.1 Å². The highest BCUT2D eigenvalue weighted by molar-refractivity contribution is 6.42. The summed E-state index contributed by atoms with van der Waals surface area (Å²) in [5.74, 6) is 0.240.